The van der Waals surface area contributed by atoms with E-state index in [1.165, 1.54) is 0 Å². The average Bonchev–Trinajstić information content (AvgIpc) is 3.33. The summed E-state index contributed by atoms with van der Waals surface area (Å²) in [5.41, 5.74) is 4.80. The van der Waals surface area contributed by atoms with Crippen LogP contribution in [0.15, 0.2) is 79.0 Å². The highest BCUT2D eigenvalue weighted by atomic mass is 16.7. The van der Waals surface area contributed by atoms with Gasteiger partial charge in [-0.1, -0.05) is 48.5 Å². The molecule has 0 atom stereocenters. The van der Waals surface area contributed by atoms with E-state index in [1.807, 2.05) is 72.8 Å². The van der Waals surface area contributed by atoms with E-state index in [0.29, 0.717) is 23.3 Å². The summed E-state index contributed by atoms with van der Waals surface area (Å²) in [7, 11) is 1.57. The molecule has 0 radical (unpaired) electrons. The van der Waals surface area contributed by atoms with E-state index in [9.17, 15) is 4.79 Å². The Kier molecular flexibility index (Phi) is 7.05. The molecular formula is C26H25N3O3. The molecule has 2 aromatic carbocycles. The summed E-state index contributed by atoms with van der Waals surface area (Å²) >= 11 is 0. The lowest BCUT2D eigenvalue weighted by atomic mass is 9.96. The average molecular weight is 428 g/mol. The fraction of sp³-hybridized carbons (Fsp3) is 0.192. The molecule has 0 amide bonds. The smallest absolute Gasteiger partial charge is 0.188 e. The summed E-state index contributed by atoms with van der Waals surface area (Å²) in [4.78, 5) is 17.5. The number of aromatic nitrogens is 3. The maximum Gasteiger partial charge on any atom is 0.188 e. The van der Waals surface area contributed by atoms with Crippen molar-refractivity contribution >= 4 is 5.78 Å². The predicted molar refractivity (Wildman–Crippen MR) is 123 cm³/mol. The summed E-state index contributed by atoms with van der Waals surface area (Å²) in [6.45, 7) is 0.0873. The summed E-state index contributed by atoms with van der Waals surface area (Å²) in [6, 6.07) is 23.2. The number of ether oxygens (including phenoxy) is 2. The third kappa shape index (κ3) is 5.10. The second-order valence-corrected chi connectivity index (χ2v) is 7.36. The van der Waals surface area contributed by atoms with Crippen LogP contribution in [-0.2, 0) is 11.2 Å². The van der Waals surface area contributed by atoms with Crippen molar-refractivity contribution in [3.63, 3.8) is 0 Å². The van der Waals surface area contributed by atoms with Gasteiger partial charge in [-0.05, 0) is 37.1 Å². The number of carbonyl (C=O) groups is 1. The number of Topliss-reactive ketones (excluding diaryl/α,β-unsaturated/α-hetero) is 1. The topological polar surface area (TPSA) is 77.1 Å². The van der Waals surface area contributed by atoms with Gasteiger partial charge in [0, 0.05) is 36.5 Å². The fourth-order valence-electron chi connectivity index (χ4n) is 3.60. The summed E-state index contributed by atoms with van der Waals surface area (Å²) in [5.74, 6) is 0.625. The fourth-order valence-corrected chi connectivity index (χ4v) is 3.60. The van der Waals surface area contributed by atoms with Crippen molar-refractivity contribution in [1.29, 1.82) is 0 Å². The number of carbonyl (C=O) groups excluding carboxylic acids is 1. The van der Waals surface area contributed by atoms with Gasteiger partial charge in [-0.3, -0.25) is 14.9 Å². The number of H-pyrrole nitrogens is 1. The minimum atomic E-state index is 0.0506. The molecule has 0 aliphatic carbocycles. The Morgan fingerprint density at radius 2 is 1.84 bits per heavy atom. The molecule has 4 aromatic rings. The largest absolute Gasteiger partial charge is 0.467 e. The first-order valence-corrected chi connectivity index (χ1v) is 10.6. The van der Waals surface area contributed by atoms with Gasteiger partial charge in [0.2, 0.25) is 0 Å². The minimum absolute atomic E-state index is 0.0506. The van der Waals surface area contributed by atoms with E-state index in [-0.39, 0.29) is 12.6 Å². The molecule has 0 saturated heterocycles. The molecule has 0 aliphatic heterocycles. The standard InChI is InChI=1S/C26H25N3O3/c1-31-18-32-25-15-8-13-21(24(30)14-7-12-20-11-5-6-16-27-20)26(25)23-17-22(28-29-23)19-9-3-2-4-10-19/h2-6,8-11,13,15-17H,7,12,14,18H2,1H3,(H,28,29). The Balaban J connectivity index is 1.61. The molecule has 4 rings (SSSR count). The number of benzene rings is 2. The van der Waals surface area contributed by atoms with Crippen LogP contribution < -0.4 is 4.74 Å². The lowest BCUT2D eigenvalue weighted by Gasteiger charge is -2.13. The number of methoxy groups -OCH3 is 1. The molecule has 0 fully saturated rings. The Morgan fingerprint density at radius 1 is 1.00 bits per heavy atom. The molecule has 1 N–H and O–H groups in total. The number of aryl methyl sites for hydroxylation is 1. The number of hydrogen-bond donors (Lipinski definition) is 1. The Labute approximate surface area is 187 Å². The van der Waals surface area contributed by atoms with Crippen LogP contribution in [0.1, 0.15) is 28.9 Å². The van der Waals surface area contributed by atoms with Crippen LogP contribution in [0.25, 0.3) is 22.5 Å². The van der Waals surface area contributed by atoms with E-state index >= 15 is 0 Å². The molecule has 162 valence electrons. The maximum absolute atomic E-state index is 13.2. The molecule has 6 heteroatoms. The van der Waals surface area contributed by atoms with Crippen molar-refractivity contribution in [2.45, 2.75) is 19.3 Å². The zero-order valence-corrected chi connectivity index (χ0v) is 18.0. The first kappa shape index (κ1) is 21.5. The van der Waals surface area contributed by atoms with Crippen LogP contribution in [0, 0.1) is 0 Å². The maximum atomic E-state index is 13.2. The quantitative estimate of drug-likeness (QED) is 0.274. The van der Waals surface area contributed by atoms with Gasteiger partial charge >= 0.3 is 0 Å². The second kappa shape index (κ2) is 10.5. The summed E-state index contributed by atoms with van der Waals surface area (Å²) in [6.07, 6.45) is 3.66. The number of aromatic amines is 1. The van der Waals surface area contributed by atoms with Gasteiger partial charge in [0.25, 0.3) is 0 Å². The molecule has 2 heterocycles. The number of pyridine rings is 1. The normalized spacial score (nSPS) is 10.8. The third-order valence-corrected chi connectivity index (χ3v) is 5.14. The van der Waals surface area contributed by atoms with Crippen molar-refractivity contribution in [2.75, 3.05) is 13.9 Å². The van der Waals surface area contributed by atoms with E-state index in [2.05, 4.69) is 15.2 Å². The van der Waals surface area contributed by atoms with Gasteiger partial charge in [-0.25, -0.2) is 0 Å². The highest BCUT2D eigenvalue weighted by Gasteiger charge is 2.20. The van der Waals surface area contributed by atoms with Gasteiger partial charge < -0.3 is 9.47 Å². The van der Waals surface area contributed by atoms with Crippen molar-refractivity contribution in [2.24, 2.45) is 0 Å². The van der Waals surface area contributed by atoms with Crippen LogP contribution in [0.3, 0.4) is 0 Å². The molecule has 0 bridgehead atoms. The molecular weight excluding hydrogens is 402 g/mol. The van der Waals surface area contributed by atoms with E-state index in [1.54, 1.807) is 13.3 Å². The van der Waals surface area contributed by atoms with Crippen LogP contribution in [-0.4, -0.2) is 34.9 Å². The molecule has 6 nitrogen and oxygen atoms in total. The SMILES string of the molecule is COCOc1cccc(C(=O)CCCc2ccccn2)c1-c1cc(-c2ccccc2)n[nH]1. The first-order chi connectivity index (χ1) is 15.8. The van der Waals surface area contributed by atoms with Crippen molar-refractivity contribution in [3.05, 3.63) is 90.3 Å². The predicted octanol–water partition coefficient (Wildman–Crippen LogP) is 5.33. The second-order valence-electron chi connectivity index (χ2n) is 7.36. The summed E-state index contributed by atoms with van der Waals surface area (Å²) < 4.78 is 10.9. The van der Waals surface area contributed by atoms with Crippen molar-refractivity contribution < 1.29 is 14.3 Å². The lowest BCUT2D eigenvalue weighted by molar-refractivity contribution is 0.0514. The third-order valence-electron chi connectivity index (χ3n) is 5.14. The molecule has 0 spiro atoms. The molecule has 0 saturated carbocycles. The monoisotopic (exact) mass is 427 g/mol. The minimum Gasteiger partial charge on any atom is -0.467 e. The number of ketones is 1. The zero-order chi connectivity index (χ0) is 22.2. The van der Waals surface area contributed by atoms with Gasteiger partial charge in [0.05, 0.1) is 17.0 Å². The van der Waals surface area contributed by atoms with Crippen LogP contribution in [0.5, 0.6) is 5.75 Å². The molecule has 0 unspecified atom stereocenters. The van der Waals surface area contributed by atoms with Crippen LogP contribution >= 0.6 is 0 Å². The molecule has 0 aliphatic rings. The van der Waals surface area contributed by atoms with Crippen molar-refractivity contribution in [3.8, 4) is 28.3 Å². The van der Waals surface area contributed by atoms with Gasteiger partial charge in [0.1, 0.15) is 5.75 Å². The van der Waals surface area contributed by atoms with Gasteiger partial charge in [-0.15, -0.1) is 0 Å². The molecule has 32 heavy (non-hydrogen) atoms. The highest BCUT2D eigenvalue weighted by molar-refractivity contribution is 6.03. The first-order valence-electron chi connectivity index (χ1n) is 10.6. The number of rotatable bonds is 10. The lowest BCUT2D eigenvalue weighted by Crippen LogP contribution is -2.06. The van der Waals surface area contributed by atoms with Gasteiger partial charge in [0.15, 0.2) is 12.6 Å². The van der Waals surface area contributed by atoms with E-state index < -0.39 is 0 Å². The number of nitrogens with zero attached hydrogens (tertiary/aromatic N) is 2. The van der Waals surface area contributed by atoms with E-state index in [0.717, 1.165) is 35.5 Å². The zero-order valence-electron chi connectivity index (χ0n) is 18.0. The van der Waals surface area contributed by atoms with Crippen LogP contribution in [0.4, 0.5) is 0 Å². The Hall–Kier alpha value is -3.77. The number of nitrogens with one attached hydrogen (secondary N) is 1. The van der Waals surface area contributed by atoms with Crippen molar-refractivity contribution in [1.82, 2.24) is 15.2 Å². The van der Waals surface area contributed by atoms with Crippen LogP contribution in [0.2, 0.25) is 0 Å². The summed E-state index contributed by atoms with van der Waals surface area (Å²) in [5, 5.41) is 7.54. The Morgan fingerprint density at radius 3 is 2.62 bits per heavy atom. The van der Waals surface area contributed by atoms with Gasteiger partial charge in [-0.2, -0.15) is 5.10 Å². The Bertz CT molecular complexity index is 1160. The highest BCUT2D eigenvalue weighted by Crippen LogP contribution is 2.35. The number of hydrogen-bond acceptors (Lipinski definition) is 5. The van der Waals surface area contributed by atoms with E-state index in [4.69, 9.17) is 9.47 Å². The molecule has 2 aromatic heterocycles.